The maximum absolute atomic E-state index is 12.5. The summed E-state index contributed by atoms with van der Waals surface area (Å²) in [6, 6.07) is 5.44. The molecule has 1 aliphatic heterocycles. The van der Waals surface area contributed by atoms with Crippen LogP contribution in [0.5, 0.6) is 5.75 Å². The van der Waals surface area contributed by atoms with E-state index in [1.807, 2.05) is 16.7 Å². The number of hydrogen-bond donors (Lipinski definition) is 1. The lowest BCUT2D eigenvalue weighted by atomic mass is 9.80. The van der Waals surface area contributed by atoms with Crippen molar-refractivity contribution in [3.8, 4) is 17.0 Å². The largest absolute Gasteiger partial charge is 0.492 e. The Balaban J connectivity index is 1.83. The molecule has 1 aromatic heterocycles. The van der Waals surface area contributed by atoms with Gasteiger partial charge in [-0.3, -0.25) is 4.79 Å². The first kappa shape index (κ1) is 20.9. The van der Waals surface area contributed by atoms with E-state index in [1.54, 1.807) is 7.11 Å². The minimum absolute atomic E-state index is 0.121. The van der Waals surface area contributed by atoms with Crippen molar-refractivity contribution in [2.75, 3.05) is 20.3 Å². The zero-order chi connectivity index (χ0) is 21.3. The maximum atomic E-state index is 12.5. The number of methoxy groups -OCH3 is 1. The number of benzene rings is 1. The highest BCUT2D eigenvalue weighted by molar-refractivity contribution is 6.32. The molecule has 1 N–H and O–H groups in total. The molecular formula is C23H26ClNO5. The third-order valence-corrected chi connectivity index (χ3v) is 6.47. The van der Waals surface area contributed by atoms with Crippen LogP contribution >= 0.6 is 11.6 Å². The Hall–Kier alpha value is -2.31. The summed E-state index contributed by atoms with van der Waals surface area (Å²) in [6.07, 6.45) is 7.61. The lowest BCUT2D eigenvalue weighted by Gasteiger charge is -2.37. The molecule has 7 heteroatoms. The number of halogens is 1. The molecule has 2 aliphatic rings. The van der Waals surface area contributed by atoms with Gasteiger partial charge in [-0.2, -0.15) is 0 Å². The smallest absolute Gasteiger partial charge is 0.341 e. The van der Waals surface area contributed by atoms with Crippen LogP contribution in [0.4, 0.5) is 0 Å². The summed E-state index contributed by atoms with van der Waals surface area (Å²) < 4.78 is 13.0. The van der Waals surface area contributed by atoms with Gasteiger partial charge >= 0.3 is 5.97 Å². The van der Waals surface area contributed by atoms with Gasteiger partial charge in [0, 0.05) is 49.9 Å². The number of pyridine rings is 1. The average molecular weight is 432 g/mol. The number of aromatic nitrogens is 1. The summed E-state index contributed by atoms with van der Waals surface area (Å²) in [6.45, 7) is 1.13. The lowest BCUT2D eigenvalue weighted by Crippen LogP contribution is -2.28. The summed E-state index contributed by atoms with van der Waals surface area (Å²) >= 11 is 6.53. The van der Waals surface area contributed by atoms with Crippen LogP contribution in [-0.4, -0.2) is 36.0 Å². The molecule has 2 aromatic rings. The number of ether oxygens (including phenoxy) is 2. The first-order chi connectivity index (χ1) is 14.5. The van der Waals surface area contributed by atoms with Crippen molar-refractivity contribution in [3.05, 3.63) is 50.8 Å². The van der Waals surface area contributed by atoms with E-state index < -0.39 is 11.4 Å². The van der Waals surface area contributed by atoms with Gasteiger partial charge in [-0.25, -0.2) is 4.79 Å². The summed E-state index contributed by atoms with van der Waals surface area (Å²) in [5.74, 6) is -0.311. The van der Waals surface area contributed by atoms with Crippen LogP contribution in [0.1, 0.15) is 66.4 Å². The Morgan fingerprint density at radius 2 is 2.00 bits per heavy atom. The van der Waals surface area contributed by atoms with Crippen molar-refractivity contribution in [1.82, 2.24) is 4.57 Å². The number of nitrogens with zero attached hydrogens (tertiary/aromatic N) is 1. The van der Waals surface area contributed by atoms with E-state index in [1.165, 1.54) is 12.3 Å². The van der Waals surface area contributed by atoms with Crippen molar-refractivity contribution in [3.63, 3.8) is 0 Å². The summed E-state index contributed by atoms with van der Waals surface area (Å²) in [4.78, 5) is 24.0. The normalized spacial score (nSPS) is 19.9. The Kier molecular flexibility index (Phi) is 6.16. The van der Waals surface area contributed by atoms with Gasteiger partial charge in [0.15, 0.2) is 5.43 Å². The minimum atomic E-state index is -1.19. The molecule has 160 valence electrons. The number of fused-ring (bicyclic) bond motifs is 6. The molecule has 30 heavy (non-hydrogen) atoms. The zero-order valence-corrected chi connectivity index (χ0v) is 17.8. The van der Waals surface area contributed by atoms with E-state index in [2.05, 4.69) is 0 Å². The molecular weight excluding hydrogens is 406 g/mol. The van der Waals surface area contributed by atoms with Crippen LogP contribution in [0.25, 0.3) is 11.3 Å². The highest BCUT2D eigenvalue weighted by Gasteiger charge is 2.35. The van der Waals surface area contributed by atoms with Crippen LogP contribution in [-0.2, 0) is 4.74 Å². The molecule has 1 aromatic carbocycles. The van der Waals surface area contributed by atoms with Crippen LogP contribution in [0, 0.1) is 0 Å². The molecule has 2 heterocycles. The molecule has 4 rings (SSSR count). The standard InChI is InChI=1S/C23H26ClNO5/c1-29-8-5-9-30-22-11-15-14-6-3-2-4-7-19(14)25-13-17(23(27)28)21(26)12-20(25)16(15)10-18(22)24/h10-14,19H,2-9H2,1H3,(H,27,28)/t14-,19-/m1/s1. The van der Waals surface area contributed by atoms with E-state index in [9.17, 15) is 14.7 Å². The second kappa shape index (κ2) is 8.82. The van der Waals surface area contributed by atoms with Gasteiger partial charge in [0.2, 0.25) is 0 Å². The molecule has 2 atom stereocenters. The number of carboxylic acids is 1. The van der Waals surface area contributed by atoms with E-state index in [-0.39, 0.29) is 17.5 Å². The number of carboxylic acid groups (broad SMARTS) is 1. The number of aromatic carboxylic acids is 1. The SMILES string of the molecule is COCCCOc1cc2c(cc1Cl)-c1cc(=O)c(C(=O)O)cn1[C@@H]1CCCCC[C@H]21. The first-order valence-corrected chi connectivity index (χ1v) is 10.8. The van der Waals surface area contributed by atoms with Gasteiger partial charge in [0.25, 0.3) is 0 Å². The van der Waals surface area contributed by atoms with E-state index in [0.29, 0.717) is 24.0 Å². The fourth-order valence-corrected chi connectivity index (χ4v) is 5.00. The Labute approximate surface area is 180 Å². The maximum Gasteiger partial charge on any atom is 0.341 e. The van der Waals surface area contributed by atoms with Crippen molar-refractivity contribution in [1.29, 1.82) is 0 Å². The van der Waals surface area contributed by atoms with Crippen LogP contribution in [0.15, 0.2) is 29.2 Å². The summed E-state index contributed by atoms with van der Waals surface area (Å²) in [5.41, 5.74) is 2.09. The van der Waals surface area contributed by atoms with Crippen LogP contribution < -0.4 is 10.2 Å². The number of rotatable bonds is 6. The summed E-state index contributed by atoms with van der Waals surface area (Å²) in [7, 11) is 1.66. The molecule has 0 saturated heterocycles. The van der Waals surface area contributed by atoms with Gasteiger partial charge in [-0.05, 0) is 30.5 Å². The minimum Gasteiger partial charge on any atom is -0.492 e. The predicted octanol–water partition coefficient (Wildman–Crippen LogP) is 4.88. The molecule has 1 aliphatic carbocycles. The van der Waals surface area contributed by atoms with Crippen molar-refractivity contribution in [2.24, 2.45) is 0 Å². The topological polar surface area (TPSA) is 77.8 Å². The first-order valence-electron chi connectivity index (χ1n) is 10.5. The molecule has 0 bridgehead atoms. The second-order valence-corrected chi connectivity index (χ2v) is 8.43. The molecule has 0 amide bonds. The van der Waals surface area contributed by atoms with E-state index >= 15 is 0 Å². The average Bonchev–Trinajstić information content (AvgIpc) is 2.97. The van der Waals surface area contributed by atoms with Crippen LogP contribution in [0.3, 0.4) is 0 Å². The molecule has 0 unspecified atom stereocenters. The molecule has 1 saturated carbocycles. The highest BCUT2D eigenvalue weighted by Crippen LogP contribution is 2.50. The predicted molar refractivity (Wildman–Crippen MR) is 115 cm³/mol. The van der Waals surface area contributed by atoms with Gasteiger partial charge in [-0.15, -0.1) is 0 Å². The molecule has 6 nitrogen and oxygen atoms in total. The third kappa shape index (κ3) is 3.86. The monoisotopic (exact) mass is 431 g/mol. The highest BCUT2D eigenvalue weighted by atomic mass is 35.5. The third-order valence-electron chi connectivity index (χ3n) is 6.18. The number of carbonyl (C=O) groups is 1. The summed E-state index contributed by atoms with van der Waals surface area (Å²) in [5, 5.41) is 9.94. The lowest BCUT2D eigenvalue weighted by molar-refractivity contribution is 0.0694. The van der Waals surface area contributed by atoms with Gasteiger partial charge < -0.3 is 19.1 Å². The Bertz CT molecular complexity index is 1020. The van der Waals surface area contributed by atoms with Crippen molar-refractivity contribution < 1.29 is 19.4 Å². The van der Waals surface area contributed by atoms with Crippen molar-refractivity contribution in [2.45, 2.75) is 50.5 Å². The Morgan fingerprint density at radius 3 is 2.77 bits per heavy atom. The van der Waals surface area contributed by atoms with E-state index in [0.717, 1.165) is 55.3 Å². The molecule has 1 fully saturated rings. The second-order valence-electron chi connectivity index (χ2n) is 8.03. The number of hydrogen-bond acceptors (Lipinski definition) is 4. The quantitative estimate of drug-likeness (QED) is 0.659. The molecule has 0 radical (unpaired) electrons. The van der Waals surface area contributed by atoms with Gasteiger partial charge in [0.1, 0.15) is 11.3 Å². The molecule has 0 spiro atoms. The zero-order valence-electron chi connectivity index (χ0n) is 17.0. The van der Waals surface area contributed by atoms with Gasteiger partial charge in [0.05, 0.1) is 17.3 Å². The fraction of sp³-hybridized carbons (Fsp3) is 0.478. The Morgan fingerprint density at radius 1 is 1.20 bits per heavy atom. The van der Waals surface area contributed by atoms with Crippen LogP contribution in [0.2, 0.25) is 5.02 Å². The van der Waals surface area contributed by atoms with E-state index in [4.69, 9.17) is 21.1 Å². The van der Waals surface area contributed by atoms with Crippen molar-refractivity contribution >= 4 is 17.6 Å². The van der Waals surface area contributed by atoms with Gasteiger partial charge in [-0.1, -0.05) is 30.9 Å². The fourth-order valence-electron chi connectivity index (χ4n) is 4.78.